The fraction of sp³-hybridized carbons (Fsp3) is 0.100. The highest BCUT2D eigenvalue weighted by molar-refractivity contribution is 5.89. The van der Waals surface area contributed by atoms with E-state index >= 15 is 0 Å². The van der Waals surface area contributed by atoms with Crippen molar-refractivity contribution in [1.29, 1.82) is 5.26 Å². The molecule has 0 spiro atoms. The van der Waals surface area contributed by atoms with Crippen LogP contribution in [-0.2, 0) is 4.79 Å². The predicted molar refractivity (Wildman–Crippen MR) is 105 cm³/mol. The highest BCUT2D eigenvalue weighted by Crippen LogP contribution is 2.22. The Hall–Kier alpha value is -3.92. The Morgan fingerprint density at radius 3 is 2.15 bits per heavy atom. The minimum absolute atomic E-state index is 0.129. The summed E-state index contributed by atoms with van der Waals surface area (Å²) in [6, 6.07) is 18.4. The molecular weight excluding hydrogens is 340 g/mol. The molecule has 0 radical (unpaired) electrons. The molecule has 0 fully saturated rings. The fourth-order valence-electron chi connectivity index (χ4n) is 2.54. The number of hydrogen-bond acceptors (Lipinski definition) is 6. The van der Waals surface area contributed by atoms with Crippen LogP contribution in [0.4, 0.5) is 28.7 Å². The second kappa shape index (κ2) is 7.97. The summed E-state index contributed by atoms with van der Waals surface area (Å²) < 4.78 is 0. The maximum absolute atomic E-state index is 11.2. The van der Waals surface area contributed by atoms with E-state index in [1.165, 1.54) is 6.92 Å². The molecule has 3 aromatic rings. The minimum atomic E-state index is -0.129. The summed E-state index contributed by atoms with van der Waals surface area (Å²) in [4.78, 5) is 20.0. The van der Waals surface area contributed by atoms with E-state index < -0.39 is 0 Å². The second-order valence-electron chi connectivity index (χ2n) is 5.89. The molecule has 0 saturated carbocycles. The molecule has 7 nitrogen and oxygen atoms in total. The van der Waals surface area contributed by atoms with Gasteiger partial charge in [0.25, 0.3) is 0 Å². The van der Waals surface area contributed by atoms with Crippen LogP contribution in [0.2, 0.25) is 0 Å². The molecule has 1 heterocycles. The first-order valence-corrected chi connectivity index (χ1v) is 8.29. The fourth-order valence-corrected chi connectivity index (χ4v) is 2.54. The first-order chi connectivity index (χ1) is 13.0. The lowest BCUT2D eigenvalue weighted by atomic mass is 10.2. The number of aromatic nitrogens is 2. The number of nitrogens with one attached hydrogen (secondary N) is 3. The maximum Gasteiger partial charge on any atom is 0.221 e. The second-order valence-corrected chi connectivity index (χ2v) is 5.89. The SMILES string of the molecule is CC(=O)Nc1cccc(Nc2cc(Nc3cccc(C#N)c3)nc(C)n2)c1. The molecule has 0 aliphatic heterocycles. The van der Waals surface area contributed by atoms with Crippen LogP contribution in [0.5, 0.6) is 0 Å². The lowest BCUT2D eigenvalue weighted by Crippen LogP contribution is -2.06. The average molecular weight is 358 g/mol. The predicted octanol–water partition coefficient (Wildman–Crippen LogP) is 4.10. The van der Waals surface area contributed by atoms with Crippen molar-refractivity contribution in [2.45, 2.75) is 13.8 Å². The van der Waals surface area contributed by atoms with Gasteiger partial charge in [-0.1, -0.05) is 12.1 Å². The lowest BCUT2D eigenvalue weighted by molar-refractivity contribution is -0.114. The summed E-state index contributed by atoms with van der Waals surface area (Å²) in [5.41, 5.74) is 2.83. The zero-order valence-electron chi connectivity index (χ0n) is 14.9. The Labute approximate surface area is 157 Å². The molecule has 2 aromatic carbocycles. The Morgan fingerprint density at radius 2 is 1.52 bits per heavy atom. The van der Waals surface area contributed by atoms with Crippen LogP contribution >= 0.6 is 0 Å². The third-order valence-corrected chi connectivity index (χ3v) is 3.56. The van der Waals surface area contributed by atoms with Gasteiger partial charge >= 0.3 is 0 Å². The monoisotopic (exact) mass is 358 g/mol. The van der Waals surface area contributed by atoms with E-state index in [-0.39, 0.29) is 5.91 Å². The summed E-state index contributed by atoms with van der Waals surface area (Å²) in [5, 5.41) is 18.2. The third kappa shape index (κ3) is 5.03. The van der Waals surface area contributed by atoms with E-state index in [2.05, 4.69) is 32.0 Å². The van der Waals surface area contributed by atoms with Crippen molar-refractivity contribution >= 4 is 34.6 Å². The lowest BCUT2D eigenvalue weighted by Gasteiger charge is -2.11. The molecule has 0 bridgehead atoms. The summed E-state index contributed by atoms with van der Waals surface area (Å²) in [5.74, 6) is 1.69. The number of carbonyl (C=O) groups excluding carboxylic acids is 1. The molecule has 0 atom stereocenters. The topological polar surface area (TPSA) is 103 Å². The van der Waals surface area contributed by atoms with Gasteiger partial charge in [0, 0.05) is 30.1 Å². The largest absolute Gasteiger partial charge is 0.340 e. The van der Waals surface area contributed by atoms with Gasteiger partial charge < -0.3 is 16.0 Å². The number of benzene rings is 2. The van der Waals surface area contributed by atoms with Crippen LogP contribution in [0.25, 0.3) is 0 Å². The number of anilines is 5. The van der Waals surface area contributed by atoms with Gasteiger partial charge in [-0.3, -0.25) is 4.79 Å². The van der Waals surface area contributed by atoms with Crippen molar-refractivity contribution in [3.63, 3.8) is 0 Å². The molecule has 27 heavy (non-hydrogen) atoms. The number of nitriles is 1. The van der Waals surface area contributed by atoms with Gasteiger partial charge in [0.1, 0.15) is 17.5 Å². The number of nitrogens with zero attached hydrogens (tertiary/aromatic N) is 3. The van der Waals surface area contributed by atoms with Gasteiger partial charge in [-0.2, -0.15) is 5.26 Å². The Bertz CT molecular complexity index is 1020. The highest BCUT2D eigenvalue weighted by atomic mass is 16.1. The van der Waals surface area contributed by atoms with Gasteiger partial charge in [-0.15, -0.1) is 0 Å². The number of hydrogen-bond donors (Lipinski definition) is 3. The first-order valence-electron chi connectivity index (χ1n) is 8.29. The molecule has 7 heteroatoms. The number of rotatable bonds is 5. The van der Waals surface area contributed by atoms with Crippen LogP contribution in [0.3, 0.4) is 0 Å². The van der Waals surface area contributed by atoms with E-state index in [1.54, 1.807) is 25.1 Å². The number of aryl methyl sites for hydroxylation is 1. The van der Waals surface area contributed by atoms with Gasteiger partial charge in [0.15, 0.2) is 0 Å². The van der Waals surface area contributed by atoms with Crippen molar-refractivity contribution < 1.29 is 4.79 Å². The highest BCUT2D eigenvalue weighted by Gasteiger charge is 2.05. The van der Waals surface area contributed by atoms with E-state index in [1.807, 2.05) is 36.4 Å². The summed E-state index contributed by atoms with van der Waals surface area (Å²) >= 11 is 0. The maximum atomic E-state index is 11.2. The summed E-state index contributed by atoms with van der Waals surface area (Å²) in [6.07, 6.45) is 0. The van der Waals surface area contributed by atoms with E-state index in [9.17, 15) is 4.79 Å². The molecule has 1 amide bonds. The summed E-state index contributed by atoms with van der Waals surface area (Å²) in [6.45, 7) is 3.27. The third-order valence-electron chi connectivity index (χ3n) is 3.56. The molecule has 0 unspecified atom stereocenters. The molecule has 3 N–H and O–H groups in total. The van der Waals surface area contributed by atoms with Crippen LogP contribution in [0.15, 0.2) is 54.6 Å². The number of carbonyl (C=O) groups is 1. The molecule has 1 aromatic heterocycles. The average Bonchev–Trinajstić information content (AvgIpc) is 2.61. The normalized spacial score (nSPS) is 9.96. The van der Waals surface area contributed by atoms with Crippen molar-refractivity contribution in [1.82, 2.24) is 9.97 Å². The molecule has 134 valence electrons. The van der Waals surface area contributed by atoms with Crippen molar-refractivity contribution in [2.75, 3.05) is 16.0 Å². The summed E-state index contributed by atoms with van der Waals surface area (Å²) in [7, 11) is 0. The van der Waals surface area contributed by atoms with Crippen molar-refractivity contribution in [2.24, 2.45) is 0 Å². The van der Waals surface area contributed by atoms with Crippen LogP contribution in [-0.4, -0.2) is 15.9 Å². The van der Waals surface area contributed by atoms with E-state index in [4.69, 9.17) is 5.26 Å². The van der Waals surface area contributed by atoms with Gasteiger partial charge in [-0.25, -0.2) is 9.97 Å². The zero-order valence-corrected chi connectivity index (χ0v) is 14.9. The minimum Gasteiger partial charge on any atom is -0.340 e. The Balaban J connectivity index is 1.81. The van der Waals surface area contributed by atoms with Crippen LogP contribution in [0, 0.1) is 18.3 Å². The van der Waals surface area contributed by atoms with Gasteiger partial charge in [0.2, 0.25) is 5.91 Å². The molecule has 0 aliphatic carbocycles. The molecular formula is C20H18N6O. The molecule has 0 aliphatic rings. The van der Waals surface area contributed by atoms with Gasteiger partial charge in [0.05, 0.1) is 11.6 Å². The van der Waals surface area contributed by atoms with E-state index in [0.29, 0.717) is 28.7 Å². The van der Waals surface area contributed by atoms with Crippen molar-refractivity contribution in [3.05, 3.63) is 66.0 Å². The van der Waals surface area contributed by atoms with Crippen LogP contribution in [0.1, 0.15) is 18.3 Å². The molecule has 3 rings (SSSR count). The van der Waals surface area contributed by atoms with Crippen LogP contribution < -0.4 is 16.0 Å². The zero-order chi connectivity index (χ0) is 19.2. The van der Waals surface area contributed by atoms with E-state index in [0.717, 1.165) is 11.4 Å². The van der Waals surface area contributed by atoms with Gasteiger partial charge in [-0.05, 0) is 43.3 Å². The first kappa shape index (κ1) is 17.9. The van der Waals surface area contributed by atoms with Crippen molar-refractivity contribution in [3.8, 4) is 6.07 Å². The Kier molecular flexibility index (Phi) is 5.28. The standard InChI is InChI=1S/C20H18N6O/c1-13-22-19(25-16-6-3-5-15(9-16)12-21)11-20(23-13)26-18-8-4-7-17(10-18)24-14(2)27/h3-11H,1-2H3,(H,24,27)(H2,22,23,25,26). The smallest absolute Gasteiger partial charge is 0.221 e. The number of amides is 1. The quantitative estimate of drug-likeness (QED) is 0.634. The Morgan fingerprint density at radius 1 is 0.926 bits per heavy atom. The molecule has 0 saturated heterocycles.